The van der Waals surface area contributed by atoms with E-state index < -0.39 is 0 Å². The second-order valence-corrected chi connectivity index (χ2v) is 3.90. The van der Waals surface area contributed by atoms with E-state index in [1.807, 2.05) is 36.4 Å². The van der Waals surface area contributed by atoms with Crippen LogP contribution in [0.5, 0.6) is 0 Å². The van der Waals surface area contributed by atoms with Gasteiger partial charge in [0.25, 0.3) is 0 Å². The average Bonchev–Trinajstić information content (AvgIpc) is 2.93. The zero-order chi connectivity index (χ0) is 14.6. The number of rotatable bonds is 0. The lowest BCUT2D eigenvalue weighted by Crippen LogP contribution is -1.74. The Kier molecular flexibility index (Phi) is 6.16. The first-order valence-corrected chi connectivity index (χ1v) is 6.44. The molecule has 0 spiro atoms. The van der Waals surface area contributed by atoms with E-state index in [0.29, 0.717) is 0 Å². The van der Waals surface area contributed by atoms with Crippen LogP contribution in [0, 0.1) is 0 Å². The highest BCUT2D eigenvalue weighted by molar-refractivity contribution is 5.59. The Morgan fingerprint density at radius 1 is 0.714 bits per heavy atom. The Hall–Kier alpha value is -3.01. The van der Waals surface area contributed by atoms with E-state index in [1.54, 1.807) is 49.3 Å². The van der Waals surface area contributed by atoms with E-state index in [1.165, 1.54) is 6.33 Å². The maximum absolute atomic E-state index is 5.13. The molecule has 0 fully saturated rings. The first-order valence-electron chi connectivity index (χ1n) is 6.44. The molecule has 0 atom stereocenters. The summed E-state index contributed by atoms with van der Waals surface area (Å²) < 4.78 is 5.13. The van der Waals surface area contributed by atoms with Gasteiger partial charge in [0, 0.05) is 24.2 Å². The van der Waals surface area contributed by atoms with Crippen molar-refractivity contribution >= 4 is 0 Å². The van der Waals surface area contributed by atoms with E-state index in [-0.39, 0.29) is 0 Å². The summed E-state index contributed by atoms with van der Waals surface area (Å²) in [4.78, 5) is 12.5. The predicted molar refractivity (Wildman–Crippen MR) is 81.6 cm³/mol. The molecule has 0 bridgehead atoms. The topological polar surface area (TPSA) is 51.8 Å². The van der Waals surface area contributed by atoms with Gasteiger partial charge in [-0.2, -0.15) is 0 Å². The van der Waals surface area contributed by atoms with Crippen LogP contribution < -0.4 is 0 Å². The smallest absolute Gasteiger partial charge is 0.116 e. The Labute approximate surface area is 123 Å². The number of hydrogen-bond donors (Lipinski definition) is 0. The number of fused-ring (bicyclic) bond motifs is 1. The highest BCUT2D eigenvalue weighted by Gasteiger charge is 1.96. The lowest BCUT2D eigenvalue weighted by Gasteiger charge is -1.86. The summed E-state index contributed by atoms with van der Waals surface area (Å²) in [7, 11) is 0. The minimum absolute atomic E-state index is 0.839. The van der Waals surface area contributed by atoms with Crippen LogP contribution in [-0.2, 0) is 0 Å². The van der Waals surface area contributed by atoms with Crippen molar-refractivity contribution in [1.82, 2.24) is 15.0 Å². The number of nitrogens with zero attached hydrogens (tertiary/aromatic N) is 3. The standard InChI is InChI=1S/C17H15N3O/c1-3-10-18-14-16-8-7-9-17(16)20-15-19-11-4-2-6-13-21-12-5-1/h1-15H. The lowest BCUT2D eigenvalue weighted by molar-refractivity contribution is 0.554. The van der Waals surface area contributed by atoms with Gasteiger partial charge < -0.3 is 4.42 Å². The summed E-state index contributed by atoms with van der Waals surface area (Å²) in [6, 6.07) is 16.6. The normalized spacial score (nSPS) is 8.95. The molecule has 2 rings (SSSR count). The minimum atomic E-state index is 0.839. The van der Waals surface area contributed by atoms with E-state index in [9.17, 15) is 0 Å². The molecular weight excluding hydrogens is 262 g/mol. The van der Waals surface area contributed by atoms with Gasteiger partial charge in [0.1, 0.15) is 6.33 Å². The zero-order valence-corrected chi connectivity index (χ0v) is 11.4. The summed E-state index contributed by atoms with van der Waals surface area (Å²) in [5.74, 6) is 0. The summed E-state index contributed by atoms with van der Waals surface area (Å²) in [6.45, 7) is 0. The molecule has 0 aromatic carbocycles. The SMILES string of the molecule is c1ccncnc2cccc-2cncccccocc1. The summed E-state index contributed by atoms with van der Waals surface area (Å²) in [5.41, 5.74) is 1.79. The highest BCUT2D eigenvalue weighted by atomic mass is 16.3. The molecule has 0 amide bonds. The van der Waals surface area contributed by atoms with Crippen molar-refractivity contribution in [3.63, 3.8) is 0 Å². The Morgan fingerprint density at radius 2 is 1.48 bits per heavy atom. The van der Waals surface area contributed by atoms with Crippen LogP contribution in [-0.4, -0.2) is 15.0 Å². The molecule has 0 N–H and O–H groups in total. The summed E-state index contributed by atoms with van der Waals surface area (Å²) >= 11 is 0. The predicted octanol–water partition coefficient (Wildman–Crippen LogP) is 3.94. The van der Waals surface area contributed by atoms with Crippen molar-refractivity contribution < 1.29 is 4.42 Å². The monoisotopic (exact) mass is 277 g/mol. The second kappa shape index (κ2) is 8.98. The van der Waals surface area contributed by atoms with Gasteiger partial charge in [0.2, 0.25) is 0 Å². The third kappa shape index (κ3) is 5.65. The fourth-order valence-electron chi connectivity index (χ4n) is 1.46. The van der Waals surface area contributed by atoms with Crippen LogP contribution in [0.15, 0.2) is 96.5 Å². The maximum Gasteiger partial charge on any atom is 0.116 e. The summed E-state index contributed by atoms with van der Waals surface area (Å²) in [6.07, 6.45) is 9.77. The third-order valence-electron chi connectivity index (χ3n) is 2.41. The van der Waals surface area contributed by atoms with Gasteiger partial charge >= 0.3 is 0 Å². The Morgan fingerprint density at radius 3 is 2.29 bits per heavy atom. The maximum atomic E-state index is 5.13. The fourth-order valence-corrected chi connectivity index (χ4v) is 1.46. The Bertz CT molecular complexity index is 637. The van der Waals surface area contributed by atoms with Crippen LogP contribution in [0.2, 0.25) is 0 Å². The molecule has 104 valence electrons. The van der Waals surface area contributed by atoms with Gasteiger partial charge in [-0.15, -0.1) is 0 Å². The van der Waals surface area contributed by atoms with Crippen molar-refractivity contribution in [3.05, 3.63) is 92.0 Å². The lowest BCUT2D eigenvalue weighted by atomic mass is 10.3. The van der Waals surface area contributed by atoms with Crippen molar-refractivity contribution in [3.8, 4) is 11.3 Å². The van der Waals surface area contributed by atoms with Gasteiger partial charge in [0.15, 0.2) is 0 Å². The molecule has 1 aliphatic heterocycles. The summed E-state index contributed by atoms with van der Waals surface area (Å²) in [5, 5.41) is 0. The molecule has 0 radical (unpaired) electrons. The molecule has 4 heteroatoms. The molecule has 4 nitrogen and oxygen atoms in total. The molecule has 0 aromatic rings. The van der Waals surface area contributed by atoms with Crippen molar-refractivity contribution in [1.29, 1.82) is 0 Å². The van der Waals surface area contributed by atoms with Gasteiger partial charge in [-0.1, -0.05) is 24.3 Å². The largest absolute Gasteiger partial charge is 0.473 e. The molecule has 21 heavy (non-hydrogen) atoms. The van der Waals surface area contributed by atoms with Crippen LogP contribution in [0.3, 0.4) is 0 Å². The number of hydrogen-bond acceptors (Lipinski definition) is 4. The van der Waals surface area contributed by atoms with E-state index >= 15 is 0 Å². The molecule has 0 aromatic heterocycles. The van der Waals surface area contributed by atoms with Crippen LogP contribution >= 0.6 is 0 Å². The zero-order valence-electron chi connectivity index (χ0n) is 11.4. The fraction of sp³-hybridized carbons (Fsp3) is 0. The van der Waals surface area contributed by atoms with Gasteiger partial charge in [-0.25, -0.2) is 9.97 Å². The average molecular weight is 277 g/mol. The van der Waals surface area contributed by atoms with Gasteiger partial charge in [-0.3, -0.25) is 4.98 Å². The molecule has 0 unspecified atom stereocenters. The molecular formula is C17H15N3O. The van der Waals surface area contributed by atoms with Crippen molar-refractivity contribution in [2.24, 2.45) is 0 Å². The molecule has 0 saturated carbocycles. The highest BCUT2D eigenvalue weighted by Crippen LogP contribution is 2.15. The van der Waals surface area contributed by atoms with Crippen LogP contribution in [0.25, 0.3) is 11.3 Å². The first-order chi connectivity index (χ1) is 10.5. The van der Waals surface area contributed by atoms with Crippen molar-refractivity contribution in [2.75, 3.05) is 0 Å². The molecule has 0 saturated heterocycles. The van der Waals surface area contributed by atoms with E-state index in [4.69, 9.17) is 4.42 Å². The van der Waals surface area contributed by atoms with Gasteiger partial charge in [0.05, 0.1) is 18.2 Å². The van der Waals surface area contributed by atoms with Gasteiger partial charge in [-0.05, 0) is 30.3 Å². The minimum Gasteiger partial charge on any atom is -0.473 e. The first kappa shape index (κ1) is 14.4. The third-order valence-corrected chi connectivity index (χ3v) is 2.41. The van der Waals surface area contributed by atoms with E-state index in [2.05, 4.69) is 15.0 Å². The molecule has 1 heterocycles. The van der Waals surface area contributed by atoms with Crippen molar-refractivity contribution in [2.45, 2.75) is 0 Å². The second-order valence-electron chi connectivity index (χ2n) is 3.90. The van der Waals surface area contributed by atoms with E-state index in [0.717, 1.165) is 11.3 Å². The van der Waals surface area contributed by atoms with Crippen LogP contribution in [0.1, 0.15) is 0 Å². The van der Waals surface area contributed by atoms with Crippen LogP contribution in [0.4, 0.5) is 0 Å². The molecule has 1 aliphatic carbocycles. The molecule has 2 aliphatic rings. The number of aromatic nitrogens is 3. The Balaban J connectivity index is 2.41. The quantitative estimate of drug-likeness (QED) is 0.731.